The first-order chi connectivity index (χ1) is 10.7. The summed E-state index contributed by atoms with van der Waals surface area (Å²) in [6, 6.07) is 6.14. The van der Waals surface area contributed by atoms with Gasteiger partial charge in [0.1, 0.15) is 5.75 Å². The molecule has 2 saturated heterocycles. The lowest BCUT2D eigenvalue weighted by molar-refractivity contribution is 0.0433. The van der Waals surface area contributed by atoms with E-state index in [-0.39, 0.29) is 5.91 Å². The summed E-state index contributed by atoms with van der Waals surface area (Å²) in [5.41, 5.74) is 1.94. The van der Waals surface area contributed by atoms with Crippen molar-refractivity contribution in [2.24, 2.45) is 5.92 Å². The van der Waals surface area contributed by atoms with Gasteiger partial charge in [-0.15, -0.1) is 0 Å². The largest absolute Gasteiger partial charge is 0.493 e. The maximum atomic E-state index is 12.9. The molecule has 2 fully saturated rings. The van der Waals surface area contributed by atoms with Crippen LogP contribution in [-0.2, 0) is 11.2 Å². The van der Waals surface area contributed by atoms with Crippen molar-refractivity contribution in [3.8, 4) is 5.75 Å². The first-order valence-corrected chi connectivity index (χ1v) is 8.03. The fourth-order valence-electron chi connectivity index (χ4n) is 3.72. The summed E-state index contributed by atoms with van der Waals surface area (Å²) in [6.07, 6.45) is 0.901. The summed E-state index contributed by atoms with van der Waals surface area (Å²) >= 11 is 0. The molecular weight excluding hydrogens is 280 g/mol. The van der Waals surface area contributed by atoms with Crippen molar-refractivity contribution in [1.82, 2.24) is 9.80 Å². The van der Waals surface area contributed by atoms with Crippen LogP contribution in [0.4, 0.5) is 0 Å². The van der Waals surface area contributed by atoms with Gasteiger partial charge >= 0.3 is 0 Å². The average Bonchev–Trinajstić information content (AvgIpc) is 2.82. The molecule has 2 atom stereocenters. The van der Waals surface area contributed by atoms with Gasteiger partial charge in [-0.2, -0.15) is 0 Å². The van der Waals surface area contributed by atoms with Crippen LogP contribution >= 0.6 is 0 Å². The average molecular weight is 302 g/mol. The molecule has 3 aliphatic rings. The first kappa shape index (κ1) is 14.0. The molecule has 4 rings (SSSR count). The Morgan fingerprint density at radius 3 is 3.05 bits per heavy atom. The lowest BCUT2D eigenvalue weighted by Crippen LogP contribution is -2.44. The zero-order valence-corrected chi connectivity index (χ0v) is 13.0. The van der Waals surface area contributed by atoms with Crippen LogP contribution < -0.4 is 4.74 Å². The Hall–Kier alpha value is -1.59. The van der Waals surface area contributed by atoms with Gasteiger partial charge in [0.15, 0.2) is 0 Å². The van der Waals surface area contributed by atoms with E-state index in [4.69, 9.17) is 9.47 Å². The number of ether oxygens (including phenoxy) is 2. The number of rotatable bonds is 1. The quantitative estimate of drug-likeness (QED) is 0.777. The topological polar surface area (TPSA) is 42.0 Å². The van der Waals surface area contributed by atoms with Crippen molar-refractivity contribution in [1.29, 1.82) is 0 Å². The number of carbonyl (C=O) groups excluding carboxylic acids is 1. The summed E-state index contributed by atoms with van der Waals surface area (Å²) < 4.78 is 11.3. The van der Waals surface area contributed by atoms with E-state index < -0.39 is 0 Å². The molecule has 3 aliphatic heterocycles. The van der Waals surface area contributed by atoms with Gasteiger partial charge in [0.25, 0.3) is 5.91 Å². The van der Waals surface area contributed by atoms with Gasteiger partial charge in [0, 0.05) is 37.5 Å². The number of fused-ring (bicyclic) bond motifs is 4. The third-order valence-corrected chi connectivity index (χ3v) is 4.97. The molecule has 2 bridgehead atoms. The predicted molar refractivity (Wildman–Crippen MR) is 82.3 cm³/mol. The van der Waals surface area contributed by atoms with Crippen LogP contribution in [0.5, 0.6) is 5.75 Å². The highest BCUT2D eigenvalue weighted by atomic mass is 16.5. The van der Waals surface area contributed by atoms with E-state index in [1.165, 1.54) is 0 Å². The zero-order valence-electron chi connectivity index (χ0n) is 13.0. The Morgan fingerprint density at radius 2 is 2.14 bits per heavy atom. The minimum Gasteiger partial charge on any atom is -0.493 e. The fourth-order valence-corrected chi connectivity index (χ4v) is 3.72. The van der Waals surface area contributed by atoms with Crippen LogP contribution in [0, 0.1) is 5.92 Å². The maximum absolute atomic E-state index is 12.9. The van der Waals surface area contributed by atoms with E-state index in [0.717, 1.165) is 62.8 Å². The van der Waals surface area contributed by atoms with E-state index in [0.29, 0.717) is 12.0 Å². The van der Waals surface area contributed by atoms with Gasteiger partial charge < -0.3 is 14.4 Å². The molecule has 5 nitrogen and oxygen atoms in total. The molecule has 22 heavy (non-hydrogen) atoms. The summed E-state index contributed by atoms with van der Waals surface area (Å²) in [5.74, 6) is 1.47. The Bertz CT molecular complexity index is 589. The highest BCUT2D eigenvalue weighted by Gasteiger charge is 2.33. The second-order valence-electron chi connectivity index (χ2n) is 6.63. The van der Waals surface area contributed by atoms with Crippen LogP contribution in [-0.4, -0.2) is 68.3 Å². The van der Waals surface area contributed by atoms with Gasteiger partial charge in [0.2, 0.25) is 0 Å². The minimum atomic E-state index is 0.141. The molecule has 0 saturated carbocycles. The van der Waals surface area contributed by atoms with Crippen LogP contribution in [0.15, 0.2) is 18.2 Å². The number of benzene rings is 1. The van der Waals surface area contributed by atoms with Crippen molar-refractivity contribution in [3.05, 3.63) is 29.3 Å². The minimum absolute atomic E-state index is 0.141. The summed E-state index contributed by atoms with van der Waals surface area (Å²) in [6.45, 7) is 4.74. The molecule has 1 amide bonds. The van der Waals surface area contributed by atoms with Crippen molar-refractivity contribution in [2.75, 3.05) is 46.5 Å². The van der Waals surface area contributed by atoms with Crippen molar-refractivity contribution >= 4 is 5.91 Å². The van der Waals surface area contributed by atoms with Crippen molar-refractivity contribution < 1.29 is 14.3 Å². The number of hydrogen-bond acceptors (Lipinski definition) is 4. The standard InChI is InChI=1S/C17H22N2O3/c1-18-7-12-8-19(9-15(18)11-21-10-12)17(20)14-2-3-16-13(6-14)4-5-22-16/h2-3,6,12,15H,4-5,7-11H2,1H3/t12-,15+/m1/s1. The molecule has 1 aromatic rings. The van der Waals surface area contributed by atoms with Gasteiger partial charge in [-0.25, -0.2) is 0 Å². The van der Waals surface area contributed by atoms with E-state index in [2.05, 4.69) is 11.9 Å². The van der Waals surface area contributed by atoms with Crippen LogP contribution in [0.25, 0.3) is 0 Å². The highest BCUT2D eigenvalue weighted by molar-refractivity contribution is 5.94. The molecule has 118 valence electrons. The number of likely N-dealkylation sites (N-methyl/N-ethyl adjacent to an activating group) is 1. The Balaban J connectivity index is 1.57. The lowest BCUT2D eigenvalue weighted by atomic mass is 10.1. The molecule has 0 aromatic heterocycles. The molecule has 1 aromatic carbocycles. The van der Waals surface area contributed by atoms with E-state index >= 15 is 0 Å². The number of hydrogen-bond donors (Lipinski definition) is 0. The molecule has 0 aliphatic carbocycles. The molecule has 0 radical (unpaired) electrons. The van der Waals surface area contributed by atoms with Gasteiger partial charge in [0.05, 0.1) is 25.9 Å². The SMILES string of the molecule is CN1C[C@H]2COC[C@@H]1CN(C(=O)c1ccc3c(c1)CCO3)C2. The number of amides is 1. The Labute approximate surface area is 130 Å². The first-order valence-electron chi connectivity index (χ1n) is 8.03. The third kappa shape index (κ3) is 2.48. The lowest BCUT2D eigenvalue weighted by Gasteiger charge is -2.30. The molecule has 5 heteroatoms. The fraction of sp³-hybridized carbons (Fsp3) is 0.588. The molecular formula is C17H22N2O3. The monoisotopic (exact) mass is 302 g/mol. The number of carbonyl (C=O) groups is 1. The molecule has 0 N–H and O–H groups in total. The third-order valence-electron chi connectivity index (χ3n) is 4.97. The zero-order chi connectivity index (χ0) is 15.1. The predicted octanol–water partition coefficient (Wildman–Crippen LogP) is 1.02. The van der Waals surface area contributed by atoms with Crippen LogP contribution in [0.2, 0.25) is 0 Å². The summed E-state index contributed by atoms with van der Waals surface area (Å²) in [5, 5.41) is 0. The maximum Gasteiger partial charge on any atom is 0.253 e. The molecule has 3 heterocycles. The summed E-state index contributed by atoms with van der Waals surface area (Å²) in [4.78, 5) is 17.3. The van der Waals surface area contributed by atoms with Crippen LogP contribution in [0.1, 0.15) is 15.9 Å². The molecule has 0 spiro atoms. The Kier molecular flexibility index (Phi) is 3.54. The van der Waals surface area contributed by atoms with Gasteiger partial charge in [-0.3, -0.25) is 9.69 Å². The van der Waals surface area contributed by atoms with E-state index in [1.54, 1.807) is 0 Å². The smallest absolute Gasteiger partial charge is 0.253 e. The van der Waals surface area contributed by atoms with E-state index in [9.17, 15) is 4.79 Å². The van der Waals surface area contributed by atoms with Gasteiger partial charge in [-0.1, -0.05) is 0 Å². The van der Waals surface area contributed by atoms with Crippen LogP contribution in [0.3, 0.4) is 0 Å². The van der Waals surface area contributed by atoms with Crippen molar-refractivity contribution in [3.63, 3.8) is 0 Å². The summed E-state index contributed by atoms with van der Waals surface area (Å²) in [7, 11) is 2.13. The molecule has 0 unspecified atom stereocenters. The normalized spacial score (nSPS) is 28.0. The number of nitrogens with zero attached hydrogens (tertiary/aromatic N) is 2. The second kappa shape index (κ2) is 5.56. The second-order valence-corrected chi connectivity index (χ2v) is 6.63. The van der Waals surface area contributed by atoms with E-state index in [1.807, 2.05) is 23.1 Å². The highest BCUT2D eigenvalue weighted by Crippen LogP contribution is 2.27. The Morgan fingerprint density at radius 1 is 1.23 bits per heavy atom. The van der Waals surface area contributed by atoms with Crippen molar-refractivity contribution in [2.45, 2.75) is 12.5 Å². The van der Waals surface area contributed by atoms with Gasteiger partial charge in [-0.05, 0) is 30.8 Å².